The second-order valence-electron chi connectivity index (χ2n) is 10.2. The molecule has 1 N–H and O–H groups in total. The maximum atomic E-state index is 11.2. The fourth-order valence-corrected chi connectivity index (χ4v) is 4.54. The van der Waals surface area contributed by atoms with Crippen LogP contribution >= 0.6 is 0 Å². The van der Waals surface area contributed by atoms with E-state index in [0.717, 1.165) is 38.5 Å². The Morgan fingerprint density at radius 3 is 1.75 bits per heavy atom. The van der Waals surface area contributed by atoms with Crippen LogP contribution in [0.1, 0.15) is 92.9 Å². The van der Waals surface area contributed by atoms with Gasteiger partial charge in [-0.1, -0.05) is 67.0 Å². The summed E-state index contributed by atoms with van der Waals surface area (Å²) in [5.74, 6) is -1.15. The molecule has 2 rings (SSSR count). The van der Waals surface area contributed by atoms with E-state index in [1.165, 1.54) is 18.9 Å². The minimum Gasteiger partial charge on any atom is -0.478 e. The molecule has 0 spiro atoms. The second-order valence-corrected chi connectivity index (χ2v) is 10.2. The molecule has 28 heavy (non-hydrogen) atoms. The molecule has 0 heterocycles. The van der Waals surface area contributed by atoms with Crippen LogP contribution in [0.5, 0.6) is 0 Å². The molecule has 0 aliphatic heterocycles. The van der Waals surface area contributed by atoms with Gasteiger partial charge in [0.25, 0.3) is 0 Å². The van der Waals surface area contributed by atoms with E-state index in [9.17, 15) is 9.59 Å². The van der Waals surface area contributed by atoms with E-state index in [4.69, 9.17) is 9.84 Å². The van der Waals surface area contributed by atoms with Gasteiger partial charge in [0, 0.05) is 22.5 Å². The summed E-state index contributed by atoms with van der Waals surface area (Å²) in [6.07, 6.45) is 10.1. The zero-order valence-corrected chi connectivity index (χ0v) is 18.8. The van der Waals surface area contributed by atoms with Crippen molar-refractivity contribution in [3.63, 3.8) is 0 Å². The number of rotatable bonds is 4. The van der Waals surface area contributed by atoms with Crippen LogP contribution in [0.2, 0.25) is 0 Å². The van der Waals surface area contributed by atoms with Crippen molar-refractivity contribution in [2.45, 2.75) is 98.5 Å². The smallest absolute Gasteiger partial charge is 0.331 e. The fourth-order valence-electron chi connectivity index (χ4n) is 4.54. The van der Waals surface area contributed by atoms with Gasteiger partial charge in [0.05, 0.1) is 0 Å². The molecule has 2 unspecified atom stereocenters. The number of carbonyl (C=O) groups excluding carboxylic acids is 1. The van der Waals surface area contributed by atoms with E-state index < -0.39 is 5.97 Å². The molecule has 0 saturated heterocycles. The van der Waals surface area contributed by atoms with Gasteiger partial charge in [-0.25, -0.2) is 9.59 Å². The van der Waals surface area contributed by atoms with Crippen LogP contribution in [0.15, 0.2) is 24.8 Å². The first-order valence-corrected chi connectivity index (χ1v) is 10.5. The fraction of sp³-hybridized carbons (Fsp3) is 0.750. The normalized spacial score (nSPS) is 30.9. The Morgan fingerprint density at radius 1 is 0.857 bits per heavy atom. The summed E-state index contributed by atoms with van der Waals surface area (Å²) < 4.78 is 5.49. The zero-order chi connectivity index (χ0) is 21.8. The Bertz CT molecular complexity index is 614. The summed E-state index contributed by atoms with van der Waals surface area (Å²) in [5.41, 5.74) is -0.0553. The molecule has 0 aromatic heterocycles. The maximum absolute atomic E-state index is 11.2. The maximum Gasteiger partial charge on any atom is 0.331 e. The van der Waals surface area contributed by atoms with Gasteiger partial charge in [0.2, 0.25) is 0 Å². The van der Waals surface area contributed by atoms with Gasteiger partial charge in [-0.3, -0.25) is 0 Å². The monoisotopic (exact) mass is 392 g/mol. The molecule has 160 valence electrons. The number of hydrogen-bond acceptors (Lipinski definition) is 3. The molecule has 0 aromatic carbocycles. The lowest BCUT2D eigenvalue weighted by Gasteiger charge is -2.48. The van der Waals surface area contributed by atoms with Crippen molar-refractivity contribution in [2.75, 3.05) is 0 Å². The number of ether oxygens (including phenoxy) is 1. The standard InChI is InChI=1S/2C12H20O2/c1-9(10(13)14)12(4)8-6-5-7-11(12,2)3;1-5-10(13)14-12(4)9-7-6-8-11(12,2)3/h1,5-8H2,2-4H3,(H,13,14);5H,1,6-9H2,2-4H3. The van der Waals surface area contributed by atoms with Gasteiger partial charge in [-0.2, -0.15) is 0 Å². The van der Waals surface area contributed by atoms with Crippen LogP contribution in [0.25, 0.3) is 0 Å². The molecular weight excluding hydrogens is 352 g/mol. The topological polar surface area (TPSA) is 63.6 Å². The predicted octanol–water partition coefficient (Wildman–Crippen LogP) is 6.31. The number of carboxylic acids is 1. The van der Waals surface area contributed by atoms with Crippen LogP contribution < -0.4 is 0 Å². The van der Waals surface area contributed by atoms with Gasteiger partial charge in [0.15, 0.2) is 0 Å². The van der Waals surface area contributed by atoms with E-state index in [1.807, 2.05) is 13.8 Å². The Balaban J connectivity index is 0.000000280. The van der Waals surface area contributed by atoms with Gasteiger partial charge < -0.3 is 9.84 Å². The largest absolute Gasteiger partial charge is 0.478 e. The van der Waals surface area contributed by atoms with Gasteiger partial charge >= 0.3 is 11.9 Å². The highest BCUT2D eigenvalue weighted by Crippen LogP contribution is 2.53. The lowest BCUT2D eigenvalue weighted by atomic mass is 9.56. The van der Waals surface area contributed by atoms with Crippen molar-refractivity contribution in [1.29, 1.82) is 0 Å². The summed E-state index contributed by atoms with van der Waals surface area (Å²) in [5, 5.41) is 9.03. The number of carboxylic acid groups (broad SMARTS) is 1. The first-order valence-electron chi connectivity index (χ1n) is 10.5. The number of esters is 1. The highest BCUT2D eigenvalue weighted by atomic mass is 16.6. The number of carbonyl (C=O) groups is 2. The average Bonchev–Trinajstić information content (AvgIpc) is 2.60. The molecule has 0 aromatic rings. The van der Waals surface area contributed by atoms with Gasteiger partial charge in [0.1, 0.15) is 5.60 Å². The zero-order valence-electron chi connectivity index (χ0n) is 18.8. The summed E-state index contributed by atoms with van der Waals surface area (Å²) in [6.45, 7) is 19.9. The van der Waals surface area contributed by atoms with Crippen molar-refractivity contribution < 1.29 is 19.4 Å². The minimum atomic E-state index is -0.845. The molecule has 0 bridgehead atoms. The second kappa shape index (κ2) is 8.84. The quantitative estimate of drug-likeness (QED) is 0.450. The molecule has 2 aliphatic carbocycles. The van der Waals surface area contributed by atoms with Crippen molar-refractivity contribution in [3.05, 3.63) is 24.8 Å². The molecule has 2 saturated carbocycles. The van der Waals surface area contributed by atoms with E-state index in [1.54, 1.807) is 0 Å². The summed E-state index contributed by atoms with van der Waals surface area (Å²) in [7, 11) is 0. The Kier molecular flexibility index (Phi) is 7.72. The van der Waals surface area contributed by atoms with Crippen LogP contribution in [-0.2, 0) is 14.3 Å². The Hall–Kier alpha value is -1.58. The Morgan fingerprint density at radius 2 is 1.32 bits per heavy atom. The lowest BCUT2D eigenvalue weighted by Crippen LogP contribution is -2.47. The van der Waals surface area contributed by atoms with Crippen molar-refractivity contribution in [3.8, 4) is 0 Å². The third-order valence-electron chi connectivity index (χ3n) is 7.78. The average molecular weight is 393 g/mol. The lowest BCUT2D eigenvalue weighted by molar-refractivity contribution is -0.171. The van der Waals surface area contributed by atoms with Crippen LogP contribution in [0.4, 0.5) is 0 Å². The minimum absolute atomic E-state index is 0.0563. The SMILES string of the molecule is C=C(C(=O)O)C1(C)CCCCC1(C)C.C=CC(=O)OC1(C)CCCCC1(C)C. The van der Waals surface area contributed by atoms with E-state index >= 15 is 0 Å². The predicted molar refractivity (Wildman–Crippen MR) is 114 cm³/mol. The molecule has 0 amide bonds. The first-order chi connectivity index (χ1) is 12.7. The van der Waals surface area contributed by atoms with Crippen molar-refractivity contribution >= 4 is 11.9 Å². The van der Waals surface area contributed by atoms with Crippen LogP contribution in [-0.4, -0.2) is 22.6 Å². The summed E-state index contributed by atoms with van der Waals surface area (Å²) in [4.78, 5) is 22.2. The first kappa shape index (κ1) is 24.5. The van der Waals surface area contributed by atoms with Crippen LogP contribution in [0.3, 0.4) is 0 Å². The van der Waals surface area contributed by atoms with Gasteiger partial charge in [-0.05, 0) is 44.4 Å². The molecule has 2 atom stereocenters. The Labute approximate surface area is 171 Å². The van der Waals surface area contributed by atoms with E-state index in [-0.39, 0.29) is 27.8 Å². The molecule has 4 nitrogen and oxygen atoms in total. The molecule has 4 heteroatoms. The summed E-state index contributed by atoms with van der Waals surface area (Å²) >= 11 is 0. The summed E-state index contributed by atoms with van der Waals surface area (Å²) in [6, 6.07) is 0. The molecule has 0 radical (unpaired) electrons. The van der Waals surface area contributed by atoms with Crippen molar-refractivity contribution in [1.82, 2.24) is 0 Å². The molecule has 2 aliphatic rings. The number of hydrogen-bond donors (Lipinski definition) is 1. The third kappa shape index (κ3) is 5.07. The van der Waals surface area contributed by atoms with Crippen LogP contribution in [0, 0.1) is 16.2 Å². The van der Waals surface area contributed by atoms with E-state index in [0.29, 0.717) is 5.57 Å². The third-order valence-corrected chi connectivity index (χ3v) is 7.78. The van der Waals surface area contributed by atoms with E-state index in [2.05, 4.69) is 40.9 Å². The van der Waals surface area contributed by atoms with Crippen molar-refractivity contribution in [2.24, 2.45) is 16.2 Å². The highest BCUT2D eigenvalue weighted by molar-refractivity contribution is 5.87. The van der Waals surface area contributed by atoms with Gasteiger partial charge in [-0.15, -0.1) is 0 Å². The molecule has 2 fully saturated rings. The number of aliphatic carboxylic acids is 1. The highest BCUT2D eigenvalue weighted by Gasteiger charge is 2.47. The molecular formula is C24H40O4.